The molecule has 3 aromatic heterocycles. The molecule has 0 bridgehead atoms. The van der Waals surface area contributed by atoms with E-state index in [2.05, 4.69) is 36.4 Å². The number of carbonyl (C=O) groups excluding carboxylic acids is 1. The molecule has 11 heteroatoms. The molecule has 3 heterocycles. The van der Waals surface area contributed by atoms with Gasteiger partial charge in [0.1, 0.15) is 5.69 Å². The van der Waals surface area contributed by atoms with Gasteiger partial charge in [0.05, 0.1) is 40.9 Å². The van der Waals surface area contributed by atoms with E-state index < -0.39 is 17.8 Å². The molecule has 0 saturated heterocycles. The molecule has 172 valence electrons. The van der Waals surface area contributed by atoms with Gasteiger partial charge in [0.25, 0.3) is 5.91 Å². The molecule has 7 nitrogen and oxygen atoms in total. The number of alkyl halides is 3. The van der Waals surface area contributed by atoms with Crippen molar-refractivity contribution < 1.29 is 18.0 Å². The first-order valence-electron chi connectivity index (χ1n) is 9.96. The van der Waals surface area contributed by atoms with E-state index in [1.807, 2.05) is 14.0 Å². The molecule has 33 heavy (non-hydrogen) atoms. The lowest BCUT2D eigenvalue weighted by Gasteiger charge is -2.13. The van der Waals surface area contributed by atoms with Crippen LogP contribution in [0.25, 0.3) is 10.9 Å². The maximum absolute atomic E-state index is 13.4. The summed E-state index contributed by atoms with van der Waals surface area (Å²) in [4.78, 5) is 16.9. The van der Waals surface area contributed by atoms with E-state index in [-0.39, 0.29) is 11.1 Å². The van der Waals surface area contributed by atoms with E-state index in [0.29, 0.717) is 33.5 Å². The molecule has 1 aromatic carbocycles. The second-order valence-electron chi connectivity index (χ2n) is 7.75. The molecule has 0 fully saturated rings. The molecule has 0 radical (unpaired) electrons. The van der Waals surface area contributed by atoms with Gasteiger partial charge in [0.15, 0.2) is 0 Å². The van der Waals surface area contributed by atoms with Crippen molar-refractivity contribution in [2.45, 2.75) is 33.5 Å². The van der Waals surface area contributed by atoms with E-state index in [0.717, 1.165) is 17.3 Å². The quantitative estimate of drug-likeness (QED) is 0.402. The van der Waals surface area contributed by atoms with Crippen molar-refractivity contribution in [3.63, 3.8) is 0 Å². The number of aromatic nitrogens is 5. The zero-order valence-corrected chi connectivity index (χ0v) is 19.8. The van der Waals surface area contributed by atoms with Gasteiger partial charge in [-0.15, -0.1) is 0 Å². The Kier molecular flexibility index (Phi) is 5.77. The summed E-state index contributed by atoms with van der Waals surface area (Å²) in [6.07, 6.45) is -2.93. The number of anilines is 1. The standard InChI is InChI=1S/C22H20BrF3N6O/c1-11-20(13(3)32(30-11)10-14-9-27-31(4)12(14)2)29-21(33)17-8-19(22(24,25)26)28-18-6-5-15(23)7-16(17)18/h5-9H,10H2,1-4H3,(H,29,33). The van der Waals surface area contributed by atoms with Crippen LogP contribution in [-0.2, 0) is 19.8 Å². The molecular weight excluding hydrogens is 501 g/mol. The average Bonchev–Trinajstić information content (AvgIpc) is 3.20. The summed E-state index contributed by atoms with van der Waals surface area (Å²) in [5.41, 5.74) is 2.48. The number of nitrogens with zero attached hydrogens (tertiary/aromatic N) is 5. The molecule has 0 aliphatic heterocycles. The van der Waals surface area contributed by atoms with Gasteiger partial charge in [-0.25, -0.2) is 4.98 Å². The van der Waals surface area contributed by atoms with Gasteiger partial charge in [0.2, 0.25) is 0 Å². The van der Waals surface area contributed by atoms with Crippen LogP contribution in [0.15, 0.2) is 34.9 Å². The lowest BCUT2D eigenvalue weighted by atomic mass is 10.1. The van der Waals surface area contributed by atoms with Crippen molar-refractivity contribution in [2.75, 3.05) is 5.32 Å². The highest BCUT2D eigenvalue weighted by Gasteiger charge is 2.34. The van der Waals surface area contributed by atoms with E-state index >= 15 is 0 Å². The summed E-state index contributed by atoms with van der Waals surface area (Å²) in [6, 6.07) is 5.37. The van der Waals surface area contributed by atoms with Crippen LogP contribution < -0.4 is 5.32 Å². The SMILES string of the molecule is Cc1nn(Cc2cnn(C)c2C)c(C)c1NC(=O)c1cc(C(F)(F)F)nc2ccc(Br)cc12. The number of carbonyl (C=O) groups is 1. The molecule has 1 N–H and O–H groups in total. The predicted octanol–water partition coefficient (Wildman–Crippen LogP) is 5.17. The summed E-state index contributed by atoms with van der Waals surface area (Å²) in [6.45, 7) is 5.93. The molecule has 0 unspecified atom stereocenters. The molecule has 4 rings (SSSR count). The molecule has 1 amide bonds. The zero-order chi connectivity index (χ0) is 24.1. The van der Waals surface area contributed by atoms with Crippen LogP contribution in [0.5, 0.6) is 0 Å². The summed E-state index contributed by atoms with van der Waals surface area (Å²) >= 11 is 3.30. The van der Waals surface area contributed by atoms with E-state index in [9.17, 15) is 18.0 Å². The van der Waals surface area contributed by atoms with Crippen LogP contribution in [-0.4, -0.2) is 30.5 Å². The number of rotatable bonds is 4. The number of amides is 1. The Morgan fingerprint density at radius 1 is 1.15 bits per heavy atom. The molecule has 0 aliphatic carbocycles. The first kappa shape index (κ1) is 23.0. The highest BCUT2D eigenvalue weighted by molar-refractivity contribution is 9.10. The fourth-order valence-corrected chi connectivity index (χ4v) is 3.97. The van der Waals surface area contributed by atoms with Crippen molar-refractivity contribution >= 4 is 38.4 Å². The van der Waals surface area contributed by atoms with Crippen LogP contribution in [0.2, 0.25) is 0 Å². The van der Waals surface area contributed by atoms with Crippen molar-refractivity contribution in [1.29, 1.82) is 0 Å². The monoisotopic (exact) mass is 520 g/mol. The number of fused-ring (bicyclic) bond motifs is 1. The third kappa shape index (κ3) is 4.37. The predicted molar refractivity (Wildman–Crippen MR) is 121 cm³/mol. The van der Waals surface area contributed by atoms with Gasteiger partial charge < -0.3 is 5.32 Å². The highest BCUT2D eigenvalue weighted by Crippen LogP contribution is 2.32. The van der Waals surface area contributed by atoms with Gasteiger partial charge in [0, 0.05) is 28.2 Å². The van der Waals surface area contributed by atoms with Crippen molar-refractivity contribution in [2.24, 2.45) is 7.05 Å². The number of nitrogens with one attached hydrogen (secondary N) is 1. The Bertz CT molecular complexity index is 1390. The van der Waals surface area contributed by atoms with Gasteiger partial charge >= 0.3 is 6.18 Å². The Balaban J connectivity index is 1.72. The molecule has 0 saturated carbocycles. The van der Waals surface area contributed by atoms with Crippen molar-refractivity contribution in [1.82, 2.24) is 24.5 Å². The second-order valence-corrected chi connectivity index (χ2v) is 8.67. The Morgan fingerprint density at radius 3 is 2.52 bits per heavy atom. The van der Waals surface area contributed by atoms with Crippen LogP contribution in [0.3, 0.4) is 0 Å². The molecule has 0 spiro atoms. The minimum absolute atomic E-state index is 0.0781. The van der Waals surface area contributed by atoms with Gasteiger partial charge in [-0.1, -0.05) is 15.9 Å². The number of halogens is 4. The van der Waals surface area contributed by atoms with Crippen molar-refractivity contribution in [3.8, 4) is 0 Å². The molecule has 4 aromatic rings. The smallest absolute Gasteiger partial charge is 0.319 e. The number of hydrogen-bond acceptors (Lipinski definition) is 4. The Hall–Kier alpha value is -3.21. The Labute approximate surface area is 195 Å². The fraction of sp³-hybridized carbons (Fsp3) is 0.273. The van der Waals surface area contributed by atoms with E-state index in [1.165, 1.54) is 6.07 Å². The first-order valence-corrected chi connectivity index (χ1v) is 10.8. The van der Waals surface area contributed by atoms with E-state index in [1.54, 1.807) is 41.5 Å². The Morgan fingerprint density at radius 2 is 1.88 bits per heavy atom. The summed E-state index contributed by atoms with van der Waals surface area (Å²) in [5, 5.41) is 11.8. The lowest BCUT2D eigenvalue weighted by Crippen LogP contribution is -2.17. The average molecular weight is 521 g/mol. The van der Waals surface area contributed by atoms with Crippen LogP contribution >= 0.6 is 15.9 Å². The molecular formula is C22H20BrF3N6O. The van der Waals surface area contributed by atoms with Crippen LogP contribution in [0, 0.1) is 20.8 Å². The number of hydrogen-bond donors (Lipinski definition) is 1. The van der Waals surface area contributed by atoms with E-state index in [4.69, 9.17) is 0 Å². The molecule has 0 atom stereocenters. The fourth-order valence-electron chi connectivity index (χ4n) is 3.60. The summed E-state index contributed by atoms with van der Waals surface area (Å²) in [5.74, 6) is -0.672. The first-order chi connectivity index (χ1) is 15.5. The minimum atomic E-state index is -4.69. The van der Waals surface area contributed by atoms with Crippen molar-refractivity contribution in [3.05, 3.63) is 68.8 Å². The number of benzene rings is 1. The maximum Gasteiger partial charge on any atom is 0.433 e. The molecule has 0 aliphatic rings. The third-order valence-electron chi connectivity index (χ3n) is 5.58. The summed E-state index contributed by atoms with van der Waals surface area (Å²) < 4.78 is 44.4. The minimum Gasteiger partial charge on any atom is -0.319 e. The highest BCUT2D eigenvalue weighted by atomic mass is 79.9. The lowest BCUT2D eigenvalue weighted by molar-refractivity contribution is -0.140. The normalized spacial score (nSPS) is 11.9. The summed E-state index contributed by atoms with van der Waals surface area (Å²) in [7, 11) is 1.85. The zero-order valence-electron chi connectivity index (χ0n) is 18.3. The van der Waals surface area contributed by atoms with Gasteiger partial charge in [-0.3, -0.25) is 14.2 Å². The van der Waals surface area contributed by atoms with Crippen LogP contribution in [0.1, 0.15) is 38.7 Å². The maximum atomic E-state index is 13.4. The van der Waals surface area contributed by atoms with Gasteiger partial charge in [-0.05, 0) is 45.0 Å². The number of aryl methyl sites for hydroxylation is 2. The van der Waals surface area contributed by atoms with Crippen LogP contribution in [0.4, 0.5) is 18.9 Å². The van der Waals surface area contributed by atoms with Gasteiger partial charge in [-0.2, -0.15) is 23.4 Å². The topological polar surface area (TPSA) is 77.6 Å². The number of pyridine rings is 1. The second kappa shape index (κ2) is 8.29. The largest absolute Gasteiger partial charge is 0.433 e. The third-order valence-corrected chi connectivity index (χ3v) is 6.08.